The average molecular weight is 554 g/mol. The van der Waals surface area contributed by atoms with Gasteiger partial charge in [0.1, 0.15) is 22.6 Å². The first-order valence-electron chi connectivity index (χ1n) is 13.9. The lowest BCUT2D eigenvalue weighted by Crippen LogP contribution is -2.39. The van der Waals surface area contributed by atoms with Crippen molar-refractivity contribution in [2.75, 3.05) is 17.2 Å². The fourth-order valence-electron chi connectivity index (χ4n) is 4.76. The maximum absolute atomic E-state index is 12.9. The summed E-state index contributed by atoms with van der Waals surface area (Å²) in [6, 6.07) is 30.8. The number of anilines is 2. The van der Waals surface area contributed by atoms with Gasteiger partial charge in [0.25, 0.3) is 0 Å². The molecular formula is C33H39N5O3. The molecule has 8 heteroatoms. The second-order valence-corrected chi connectivity index (χ2v) is 10.9. The summed E-state index contributed by atoms with van der Waals surface area (Å²) < 4.78 is 6.99. The van der Waals surface area contributed by atoms with Crippen molar-refractivity contribution in [2.45, 2.75) is 51.2 Å². The molecule has 41 heavy (non-hydrogen) atoms. The highest BCUT2D eigenvalue weighted by molar-refractivity contribution is 5.93. The van der Waals surface area contributed by atoms with Crippen molar-refractivity contribution in [3.63, 3.8) is 0 Å². The normalized spacial score (nSPS) is 11.5. The third kappa shape index (κ3) is 7.54. The first-order chi connectivity index (χ1) is 19.7. The van der Waals surface area contributed by atoms with Crippen LogP contribution in [0.1, 0.15) is 56.7 Å². The first-order valence-corrected chi connectivity index (χ1v) is 13.9. The summed E-state index contributed by atoms with van der Waals surface area (Å²) >= 11 is 0. The predicted molar refractivity (Wildman–Crippen MR) is 163 cm³/mol. The molecule has 0 saturated heterocycles. The van der Waals surface area contributed by atoms with Crippen LogP contribution in [0.2, 0.25) is 0 Å². The number of ether oxygens (including phenoxy) is 1. The number of amides is 2. The number of hydrogen-bond donors (Lipinski definition) is 3. The van der Waals surface area contributed by atoms with Gasteiger partial charge in [-0.1, -0.05) is 91.0 Å². The molecule has 0 radical (unpaired) electrons. The number of aromatic nitrogens is 2. The van der Waals surface area contributed by atoms with Crippen LogP contribution in [0.4, 0.5) is 16.3 Å². The van der Waals surface area contributed by atoms with Crippen molar-refractivity contribution in [2.24, 2.45) is 7.05 Å². The van der Waals surface area contributed by atoms with E-state index in [-0.39, 0.29) is 5.91 Å². The zero-order valence-electron chi connectivity index (χ0n) is 24.2. The van der Waals surface area contributed by atoms with E-state index in [1.165, 1.54) is 0 Å². The lowest BCUT2D eigenvalue weighted by Gasteiger charge is -2.38. The Morgan fingerprint density at radius 1 is 0.805 bits per heavy atom. The average Bonchev–Trinajstić information content (AvgIpc) is 3.29. The van der Waals surface area contributed by atoms with E-state index in [4.69, 9.17) is 4.74 Å². The monoisotopic (exact) mass is 553 g/mol. The molecule has 8 nitrogen and oxygen atoms in total. The minimum Gasteiger partial charge on any atom is -0.444 e. The third-order valence-electron chi connectivity index (χ3n) is 6.64. The Balaban J connectivity index is 1.54. The molecule has 0 bridgehead atoms. The molecule has 0 aliphatic rings. The van der Waals surface area contributed by atoms with Gasteiger partial charge in [0.2, 0.25) is 5.91 Å². The van der Waals surface area contributed by atoms with Crippen LogP contribution in [0.15, 0.2) is 97.2 Å². The summed E-state index contributed by atoms with van der Waals surface area (Å²) in [7, 11) is 1.85. The number of nitrogens with zero attached hydrogens (tertiary/aromatic N) is 2. The molecule has 214 valence electrons. The molecule has 2 amide bonds. The van der Waals surface area contributed by atoms with Gasteiger partial charge in [0, 0.05) is 20.0 Å². The van der Waals surface area contributed by atoms with Crippen molar-refractivity contribution < 1.29 is 14.3 Å². The fourth-order valence-corrected chi connectivity index (χ4v) is 4.76. The number of aryl methyl sites for hydroxylation is 1. The van der Waals surface area contributed by atoms with E-state index in [0.717, 1.165) is 16.7 Å². The molecular weight excluding hydrogens is 514 g/mol. The summed E-state index contributed by atoms with van der Waals surface area (Å²) in [5.74, 6) is 0.560. The van der Waals surface area contributed by atoms with Gasteiger partial charge in [0.05, 0.1) is 6.20 Å². The molecule has 0 aliphatic carbocycles. The molecule has 0 unspecified atom stereocenters. The van der Waals surface area contributed by atoms with Crippen molar-refractivity contribution in [3.8, 4) is 0 Å². The van der Waals surface area contributed by atoms with Crippen LogP contribution in [0.3, 0.4) is 0 Å². The van der Waals surface area contributed by atoms with Crippen molar-refractivity contribution in [3.05, 3.63) is 114 Å². The molecule has 4 aromatic rings. The Bertz CT molecular complexity index is 1320. The first kappa shape index (κ1) is 29.4. The van der Waals surface area contributed by atoms with Gasteiger partial charge < -0.3 is 20.7 Å². The minimum absolute atomic E-state index is 0.122. The van der Waals surface area contributed by atoms with E-state index in [9.17, 15) is 9.59 Å². The molecule has 3 aromatic carbocycles. The van der Waals surface area contributed by atoms with Crippen LogP contribution in [0.5, 0.6) is 0 Å². The van der Waals surface area contributed by atoms with Crippen molar-refractivity contribution in [1.82, 2.24) is 15.1 Å². The van der Waals surface area contributed by atoms with Crippen molar-refractivity contribution in [1.29, 1.82) is 0 Å². The molecule has 0 saturated carbocycles. The van der Waals surface area contributed by atoms with Gasteiger partial charge in [-0.2, -0.15) is 5.10 Å². The van der Waals surface area contributed by atoms with E-state index < -0.39 is 17.2 Å². The zero-order valence-corrected chi connectivity index (χ0v) is 24.2. The summed E-state index contributed by atoms with van der Waals surface area (Å²) in [5, 5.41) is 14.0. The Labute approximate surface area is 242 Å². The van der Waals surface area contributed by atoms with Crippen LogP contribution < -0.4 is 16.0 Å². The Morgan fingerprint density at radius 2 is 1.32 bits per heavy atom. The molecule has 0 fully saturated rings. The van der Waals surface area contributed by atoms with E-state index in [2.05, 4.69) is 57.4 Å². The van der Waals surface area contributed by atoms with E-state index in [0.29, 0.717) is 37.3 Å². The van der Waals surface area contributed by atoms with Crippen LogP contribution >= 0.6 is 0 Å². The fraction of sp³-hybridized carbons (Fsp3) is 0.303. The number of unbranched alkanes of at least 4 members (excludes halogenated alkanes) is 1. The summed E-state index contributed by atoms with van der Waals surface area (Å²) in [4.78, 5) is 24.8. The number of carbonyl (C=O) groups is 2. The standard InChI is InChI=1S/C33H39N5O3/c1-32(2,3)41-31(40)34-23-15-14-22-29(39)36-28-24-35-38(4)30(28)37-33(25-16-8-5-9-17-25,26-18-10-6-11-19-26)27-20-12-7-13-21-27/h5-13,16-21,24,37H,14-15,22-23H2,1-4H3,(H,34,40)(H,36,39). The largest absolute Gasteiger partial charge is 0.444 e. The number of hydrogen-bond acceptors (Lipinski definition) is 5. The maximum atomic E-state index is 12.9. The maximum Gasteiger partial charge on any atom is 0.407 e. The topological polar surface area (TPSA) is 97.3 Å². The van der Waals surface area contributed by atoms with Gasteiger partial charge in [-0.15, -0.1) is 0 Å². The smallest absolute Gasteiger partial charge is 0.407 e. The van der Waals surface area contributed by atoms with Gasteiger partial charge in [-0.25, -0.2) is 4.79 Å². The molecule has 0 spiro atoms. The second-order valence-electron chi connectivity index (χ2n) is 10.9. The molecule has 1 heterocycles. The van der Waals surface area contributed by atoms with Crippen LogP contribution in [-0.4, -0.2) is 33.9 Å². The van der Waals surface area contributed by atoms with E-state index in [1.54, 1.807) is 10.9 Å². The number of alkyl carbamates (subject to hydrolysis) is 1. The van der Waals surface area contributed by atoms with Gasteiger partial charge in [0.15, 0.2) is 0 Å². The highest BCUT2D eigenvalue weighted by Crippen LogP contribution is 2.41. The molecule has 0 atom stereocenters. The SMILES string of the molecule is Cn1ncc(NC(=O)CCCCNC(=O)OC(C)(C)C)c1NC(c1ccccc1)(c1ccccc1)c1ccccc1. The predicted octanol–water partition coefficient (Wildman–Crippen LogP) is 6.46. The highest BCUT2D eigenvalue weighted by atomic mass is 16.6. The van der Waals surface area contributed by atoms with Gasteiger partial charge in [-0.3, -0.25) is 9.48 Å². The Morgan fingerprint density at radius 3 is 1.80 bits per heavy atom. The summed E-state index contributed by atoms with van der Waals surface area (Å²) in [6.45, 7) is 5.90. The van der Waals surface area contributed by atoms with Gasteiger partial charge >= 0.3 is 6.09 Å². The quantitative estimate of drug-likeness (QED) is 0.146. The zero-order chi connectivity index (χ0) is 29.3. The summed E-state index contributed by atoms with van der Waals surface area (Å²) in [5.41, 5.74) is 2.44. The van der Waals surface area contributed by atoms with Crippen molar-refractivity contribution >= 4 is 23.5 Å². The Kier molecular flexibility index (Phi) is 9.45. The van der Waals surface area contributed by atoms with Crippen LogP contribution in [-0.2, 0) is 22.1 Å². The number of rotatable bonds is 11. The van der Waals surface area contributed by atoms with Crippen LogP contribution in [0, 0.1) is 0 Å². The molecule has 3 N–H and O–H groups in total. The minimum atomic E-state index is -0.760. The third-order valence-corrected chi connectivity index (χ3v) is 6.64. The second kappa shape index (κ2) is 13.2. The molecule has 4 rings (SSSR count). The number of benzene rings is 3. The lowest BCUT2D eigenvalue weighted by molar-refractivity contribution is -0.116. The van der Waals surface area contributed by atoms with Gasteiger partial charge in [-0.05, 0) is 50.3 Å². The Hall–Kier alpha value is -4.59. The van der Waals surface area contributed by atoms with Crippen LogP contribution in [0.25, 0.3) is 0 Å². The van der Waals surface area contributed by atoms with E-state index in [1.807, 2.05) is 82.4 Å². The lowest BCUT2D eigenvalue weighted by atomic mass is 9.77. The number of carbonyl (C=O) groups excluding carboxylic acids is 2. The molecule has 1 aromatic heterocycles. The molecule has 0 aliphatic heterocycles. The summed E-state index contributed by atoms with van der Waals surface area (Å²) in [6.07, 6.45) is 2.80. The number of nitrogens with one attached hydrogen (secondary N) is 3. The highest BCUT2D eigenvalue weighted by Gasteiger charge is 2.37. The van der Waals surface area contributed by atoms with E-state index >= 15 is 0 Å².